The first-order valence-corrected chi connectivity index (χ1v) is 13.9. The van der Waals surface area contributed by atoms with Gasteiger partial charge in [0.2, 0.25) is 10.0 Å². The van der Waals surface area contributed by atoms with Crippen LogP contribution in [0, 0.1) is 0 Å². The smallest absolute Gasteiger partial charge is 0.279 e. The second kappa shape index (κ2) is 10.9. The molecule has 3 aromatic carbocycles. The Morgan fingerprint density at radius 1 is 1.00 bits per heavy atom. The number of rotatable bonds is 8. The Hall–Kier alpha value is -3.47. The van der Waals surface area contributed by atoms with Crippen LogP contribution >= 0.6 is 11.3 Å². The quantitative estimate of drug-likeness (QED) is 0.327. The normalized spacial score (nSPS) is 12.5. The van der Waals surface area contributed by atoms with E-state index in [1.54, 1.807) is 14.2 Å². The molecule has 0 N–H and O–H groups in total. The number of hydrogen-bond acceptors (Lipinski definition) is 6. The van der Waals surface area contributed by atoms with Crippen LogP contribution in [0.1, 0.15) is 29.8 Å². The van der Waals surface area contributed by atoms with Crippen molar-refractivity contribution in [2.24, 2.45) is 12.0 Å². The summed E-state index contributed by atoms with van der Waals surface area (Å²) in [4.78, 5) is 17.9. The molecule has 0 unspecified atom stereocenters. The molecule has 194 valence electrons. The number of nitrogens with zero attached hydrogens (tertiary/aromatic N) is 3. The van der Waals surface area contributed by atoms with Gasteiger partial charge < -0.3 is 14.0 Å². The van der Waals surface area contributed by atoms with E-state index in [0.717, 1.165) is 15.8 Å². The lowest BCUT2D eigenvalue weighted by molar-refractivity contribution is 0.0998. The summed E-state index contributed by atoms with van der Waals surface area (Å²) >= 11 is 1.35. The molecule has 0 saturated carbocycles. The Kier molecular flexibility index (Phi) is 7.82. The molecule has 4 rings (SSSR count). The zero-order chi connectivity index (χ0) is 26.7. The summed E-state index contributed by atoms with van der Waals surface area (Å²) in [5.74, 6) is 0.713. The van der Waals surface area contributed by atoms with Crippen LogP contribution in [0.4, 0.5) is 0 Å². The maximum atomic E-state index is 13.4. The third-order valence-corrected chi connectivity index (χ3v) is 9.11. The van der Waals surface area contributed by atoms with Crippen LogP contribution in [-0.4, -0.2) is 43.5 Å². The molecule has 1 amide bonds. The van der Waals surface area contributed by atoms with Crippen LogP contribution in [0.3, 0.4) is 0 Å². The van der Waals surface area contributed by atoms with Crippen molar-refractivity contribution in [2.75, 3.05) is 14.2 Å². The minimum atomic E-state index is -3.77. The van der Waals surface area contributed by atoms with E-state index in [-0.39, 0.29) is 17.5 Å². The topological polar surface area (TPSA) is 90.2 Å². The molecular weight excluding hydrogens is 510 g/mol. The van der Waals surface area contributed by atoms with Gasteiger partial charge >= 0.3 is 0 Å². The van der Waals surface area contributed by atoms with E-state index < -0.39 is 15.9 Å². The first-order chi connectivity index (χ1) is 17.6. The number of aryl methyl sites for hydroxylation is 1. The van der Waals surface area contributed by atoms with Crippen LogP contribution in [0.15, 0.2) is 76.6 Å². The highest BCUT2D eigenvalue weighted by Crippen LogP contribution is 2.33. The second-order valence-corrected chi connectivity index (χ2v) is 11.6. The standard InChI is InChI=1S/C27H29N3O5S2/c1-18(2)30(17-19-9-7-6-8-10-19)37(32,33)21-13-11-20(12-14-21)26(31)28-27-29(3)22-15-23(34-4)24(35-5)16-25(22)36-27/h6-16,18H,17H2,1-5H3. The van der Waals surface area contributed by atoms with Crippen LogP contribution < -0.4 is 14.3 Å². The number of aromatic nitrogens is 1. The molecule has 1 aromatic heterocycles. The van der Waals surface area contributed by atoms with Gasteiger partial charge in [0.1, 0.15) is 0 Å². The van der Waals surface area contributed by atoms with Crippen molar-refractivity contribution in [3.63, 3.8) is 0 Å². The third kappa shape index (κ3) is 5.46. The highest BCUT2D eigenvalue weighted by molar-refractivity contribution is 7.89. The predicted octanol–water partition coefficient (Wildman–Crippen LogP) is 4.60. The van der Waals surface area contributed by atoms with Crippen molar-refractivity contribution in [3.8, 4) is 11.5 Å². The molecule has 0 atom stereocenters. The van der Waals surface area contributed by atoms with Crippen molar-refractivity contribution >= 4 is 37.5 Å². The monoisotopic (exact) mass is 539 g/mol. The number of amides is 1. The lowest BCUT2D eigenvalue weighted by atomic mass is 10.2. The Morgan fingerprint density at radius 2 is 1.62 bits per heavy atom. The Balaban J connectivity index is 1.62. The third-order valence-electron chi connectivity index (χ3n) is 5.98. The molecule has 0 fully saturated rings. The van der Waals surface area contributed by atoms with Gasteiger partial charge in [-0.1, -0.05) is 41.7 Å². The van der Waals surface area contributed by atoms with Crippen LogP contribution in [-0.2, 0) is 23.6 Å². The van der Waals surface area contributed by atoms with Gasteiger partial charge in [-0.05, 0) is 43.7 Å². The van der Waals surface area contributed by atoms with Gasteiger partial charge in [0.05, 0.1) is 29.3 Å². The zero-order valence-electron chi connectivity index (χ0n) is 21.3. The van der Waals surface area contributed by atoms with Crippen molar-refractivity contribution in [1.29, 1.82) is 0 Å². The lowest BCUT2D eigenvalue weighted by Gasteiger charge is -2.26. The minimum absolute atomic E-state index is 0.125. The molecule has 8 nitrogen and oxygen atoms in total. The fourth-order valence-corrected chi connectivity index (χ4v) is 6.58. The minimum Gasteiger partial charge on any atom is -0.493 e. The number of thiazole rings is 1. The molecule has 10 heteroatoms. The van der Waals surface area contributed by atoms with Gasteiger partial charge in [-0.15, -0.1) is 0 Å². The Morgan fingerprint density at radius 3 is 2.22 bits per heavy atom. The van der Waals surface area contributed by atoms with E-state index in [4.69, 9.17) is 9.47 Å². The molecule has 37 heavy (non-hydrogen) atoms. The maximum absolute atomic E-state index is 13.4. The number of carbonyl (C=O) groups excluding carboxylic acids is 1. The van der Waals surface area contributed by atoms with E-state index in [0.29, 0.717) is 21.9 Å². The highest BCUT2D eigenvalue weighted by Gasteiger charge is 2.27. The number of methoxy groups -OCH3 is 2. The first-order valence-electron chi connectivity index (χ1n) is 11.6. The van der Waals surface area contributed by atoms with Crippen LogP contribution in [0.2, 0.25) is 0 Å². The van der Waals surface area contributed by atoms with Gasteiger partial charge in [0.15, 0.2) is 16.3 Å². The second-order valence-electron chi connectivity index (χ2n) is 8.69. The average molecular weight is 540 g/mol. The molecule has 1 heterocycles. The summed E-state index contributed by atoms with van der Waals surface area (Å²) in [6, 6.07) is 18.8. The SMILES string of the molecule is COc1cc2sc(=NC(=O)c3ccc(S(=O)(=O)N(Cc4ccccc4)C(C)C)cc3)n(C)c2cc1OC. The molecule has 0 bridgehead atoms. The Labute approximate surface area is 220 Å². The number of carbonyl (C=O) groups is 1. The van der Waals surface area contributed by atoms with Gasteiger partial charge in [-0.25, -0.2) is 8.42 Å². The molecule has 0 saturated heterocycles. The molecule has 0 aliphatic rings. The van der Waals surface area contributed by atoms with Gasteiger partial charge in [0, 0.05) is 37.3 Å². The highest BCUT2D eigenvalue weighted by atomic mass is 32.2. The summed E-state index contributed by atoms with van der Waals surface area (Å²) in [5, 5.41) is 0. The van der Waals surface area contributed by atoms with Crippen molar-refractivity contribution in [2.45, 2.75) is 31.3 Å². The largest absolute Gasteiger partial charge is 0.493 e. The lowest BCUT2D eigenvalue weighted by Crippen LogP contribution is -2.36. The number of hydrogen-bond donors (Lipinski definition) is 0. The molecule has 0 aliphatic heterocycles. The van der Waals surface area contributed by atoms with Crippen LogP contribution in [0.25, 0.3) is 10.2 Å². The number of benzene rings is 3. The van der Waals surface area contributed by atoms with Gasteiger partial charge in [-0.2, -0.15) is 9.30 Å². The molecule has 0 aliphatic carbocycles. The summed E-state index contributed by atoms with van der Waals surface area (Å²) in [6.07, 6.45) is 0. The maximum Gasteiger partial charge on any atom is 0.279 e. The Bertz CT molecular complexity index is 1590. The number of sulfonamides is 1. The fraction of sp³-hybridized carbons (Fsp3) is 0.259. The zero-order valence-corrected chi connectivity index (χ0v) is 23.0. The van der Waals surface area contributed by atoms with E-state index in [9.17, 15) is 13.2 Å². The fourth-order valence-electron chi connectivity index (χ4n) is 3.93. The van der Waals surface area contributed by atoms with E-state index in [2.05, 4.69) is 4.99 Å². The van der Waals surface area contributed by atoms with Crippen molar-refractivity contribution in [3.05, 3.63) is 82.7 Å². The van der Waals surface area contributed by atoms with Gasteiger partial charge in [0.25, 0.3) is 5.91 Å². The molecule has 0 radical (unpaired) electrons. The first kappa shape index (κ1) is 26.6. The predicted molar refractivity (Wildman–Crippen MR) is 145 cm³/mol. The number of ether oxygens (including phenoxy) is 2. The van der Waals surface area contributed by atoms with E-state index >= 15 is 0 Å². The average Bonchev–Trinajstić information content (AvgIpc) is 3.20. The van der Waals surface area contributed by atoms with E-state index in [1.807, 2.05) is 67.9 Å². The van der Waals surface area contributed by atoms with Crippen LogP contribution in [0.5, 0.6) is 11.5 Å². The molecule has 4 aromatic rings. The molecule has 0 spiro atoms. The summed E-state index contributed by atoms with van der Waals surface area (Å²) < 4.78 is 41.7. The number of fused-ring (bicyclic) bond motifs is 1. The summed E-state index contributed by atoms with van der Waals surface area (Å²) in [7, 11) is 1.18. The van der Waals surface area contributed by atoms with Crippen molar-refractivity contribution < 1.29 is 22.7 Å². The summed E-state index contributed by atoms with van der Waals surface area (Å²) in [6.45, 7) is 3.94. The van der Waals surface area contributed by atoms with Gasteiger partial charge in [-0.3, -0.25) is 4.79 Å². The van der Waals surface area contributed by atoms with E-state index in [1.165, 1.54) is 39.9 Å². The molecular formula is C27H29N3O5S2. The summed E-state index contributed by atoms with van der Waals surface area (Å²) in [5.41, 5.74) is 2.05. The van der Waals surface area contributed by atoms with Crippen molar-refractivity contribution in [1.82, 2.24) is 8.87 Å².